The molecule has 1 amide bonds. The van der Waals surface area contributed by atoms with Crippen molar-refractivity contribution in [1.29, 1.82) is 0 Å². The number of amides is 1. The number of benzene rings is 1. The van der Waals surface area contributed by atoms with Crippen molar-refractivity contribution in [2.45, 2.75) is 24.5 Å². The molecule has 0 spiro atoms. The van der Waals surface area contributed by atoms with Crippen molar-refractivity contribution in [2.24, 2.45) is 0 Å². The number of rotatable bonds is 3. The van der Waals surface area contributed by atoms with E-state index >= 15 is 0 Å². The van der Waals surface area contributed by atoms with Crippen molar-refractivity contribution >= 4 is 17.7 Å². The van der Waals surface area contributed by atoms with E-state index in [1.54, 1.807) is 16.7 Å². The van der Waals surface area contributed by atoms with Gasteiger partial charge in [-0.25, -0.2) is 0 Å². The first-order valence-corrected chi connectivity index (χ1v) is 7.13. The fraction of sp³-hybridized carbons (Fsp3) is 0.500. The monoisotopic (exact) mass is 249 g/mol. The van der Waals surface area contributed by atoms with Gasteiger partial charge in [-0.15, -0.1) is 11.8 Å². The van der Waals surface area contributed by atoms with Crippen molar-refractivity contribution < 1.29 is 4.79 Å². The summed E-state index contributed by atoms with van der Waals surface area (Å²) < 4.78 is 0. The topological polar surface area (TPSA) is 20.3 Å². The second-order valence-electron chi connectivity index (χ2n) is 4.68. The maximum absolute atomic E-state index is 11.6. The molecule has 0 N–H and O–H groups in total. The van der Waals surface area contributed by atoms with Gasteiger partial charge in [0.25, 0.3) is 0 Å². The van der Waals surface area contributed by atoms with Gasteiger partial charge in [-0.1, -0.05) is 24.3 Å². The van der Waals surface area contributed by atoms with Crippen molar-refractivity contribution in [1.82, 2.24) is 4.90 Å². The van der Waals surface area contributed by atoms with Gasteiger partial charge in [-0.05, 0) is 30.4 Å². The van der Waals surface area contributed by atoms with E-state index in [2.05, 4.69) is 24.3 Å². The third-order valence-corrected chi connectivity index (χ3v) is 4.53. The Bertz CT molecular complexity index is 403. The summed E-state index contributed by atoms with van der Waals surface area (Å²) in [5, 5.41) is 0.504. The van der Waals surface area contributed by atoms with Crippen LogP contribution in [0.1, 0.15) is 29.2 Å². The van der Waals surface area contributed by atoms with Gasteiger partial charge in [0.15, 0.2) is 0 Å². The molecule has 1 aromatic rings. The summed E-state index contributed by atoms with van der Waals surface area (Å²) in [4.78, 5) is 13.3. The molecule has 1 aliphatic rings. The smallest absolute Gasteiger partial charge is 0.232 e. The lowest BCUT2D eigenvalue weighted by molar-refractivity contribution is -0.125. The van der Waals surface area contributed by atoms with Gasteiger partial charge < -0.3 is 4.90 Å². The average Bonchev–Trinajstić information content (AvgIpc) is 2.35. The molecule has 0 saturated heterocycles. The minimum absolute atomic E-state index is 0.207. The number of fused-ring (bicyclic) bond motifs is 1. The maximum atomic E-state index is 11.6. The van der Waals surface area contributed by atoms with Gasteiger partial charge in [0.1, 0.15) is 0 Å². The molecule has 0 bridgehead atoms. The fourth-order valence-corrected chi connectivity index (χ4v) is 3.53. The van der Waals surface area contributed by atoms with Crippen LogP contribution in [-0.2, 0) is 11.2 Å². The lowest BCUT2D eigenvalue weighted by atomic mass is 9.91. The molecule has 2 nitrogen and oxygen atoms in total. The van der Waals surface area contributed by atoms with Gasteiger partial charge in [0, 0.05) is 19.3 Å². The molecule has 2 rings (SSSR count). The molecule has 0 unspecified atom stereocenters. The van der Waals surface area contributed by atoms with Crippen LogP contribution in [0.25, 0.3) is 0 Å². The summed E-state index contributed by atoms with van der Waals surface area (Å²) in [6.07, 6.45) is 3.63. The van der Waals surface area contributed by atoms with E-state index in [0.717, 1.165) is 0 Å². The number of hydrogen-bond acceptors (Lipinski definition) is 2. The molecule has 3 heteroatoms. The summed E-state index contributed by atoms with van der Waals surface area (Å²) >= 11 is 1.79. The number of carbonyl (C=O) groups excluding carboxylic acids is 1. The standard InChI is InChI=1S/C14H19NOS/c1-15(2)14(16)10-17-13-9-5-7-11-6-3-4-8-12(11)13/h3-4,6,8,13H,5,7,9-10H2,1-2H3/t13-/m1/s1. The first-order valence-electron chi connectivity index (χ1n) is 6.08. The van der Waals surface area contributed by atoms with Crippen LogP contribution in [0.4, 0.5) is 0 Å². The van der Waals surface area contributed by atoms with Crippen molar-refractivity contribution in [3.63, 3.8) is 0 Å². The van der Waals surface area contributed by atoms with E-state index < -0.39 is 0 Å². The highest BCUT2D eigenvalue weighted by atomic mass is 32.2. The Morgan fingerprint density at radius 1 is 1.41 bits per heavy atom. The highest BCUT2D eigenvalue weighted by Gasteiger charge is 2.21. The number of thioether (sulfide) groups is 1. The molecule has 92 valence electrons. The predicted molar refractivity (Wildman–Crippen MR) is 73.3 cm³/mol. The third-order valence-electron chi connectivity index (χ3n) is 3.22. The van der Waals surface area contributed by atoms with E-state index in [1.165, 1.54) is 30.4 Å². The molecule has 0 aromatic heterocycles. The lowest BCUT2D eigenvalue weighted by Gasteiger charge is -2.25. The lowest BCUT2D eigenvalue weighted by Crippen LogP contribution is -2.24. The fourth-order valence-electron chi connectivity index (χ4n) is 2.18. The number of carbonyl (C=O) groups is 1. The number of hydrogen-bond donors (Lipinski definition) is 0. The third kappa shape index (κ3) is 3.03. The Morgan fingerprint density at radius 3 is 2.94 bits per heavy atom. The summed E-state index contributed by atoms with van der Waals surface area (Å²) in [5.74, 6) is 0.796. The molecule has 17 heavy (non-hydrogen) atoms. The van der Waals surface area contributed by atoms with Gasteiger partial charge in [-0.3, -0.25) is 4.79 Å². The Balaban J connectivity index is 2.01. The van der Waals surface area contributed by atoms with Crippen LogP contribution >= 0.6 is 11.8 Å². The minimum atomic E-state index is 0.207. The molecule has 1 atom stereocenters. The average molecular weight is 249 g/mol. The molecule has 0 saturated carbocycles. The Hall–Kier alpha value is -0.960. The molecule has 0 radical (unpaired) electrons. The van der Waals surface area contributed by atoms with E-state index in [-0.39, 0.29) is 5.91 Å². The zero-order valence-corrected chi connectivity index (χ0v) is 11.3. The zero-order chi connectivity index (χ0) is 12.3. The first kappa shape index (κ1) is 12.5. The Kier molecular flexibility index (Phi) is 4.11. The zero-order valence-electron chi connectivity index (χ0n) is 10.5. The highest BCUT2D eigenvalue weighted by molar-refractivity contribution is 8.00. The van der Waals surface area contributed by atoms with E-state index in [4.69, 9.17) is 0 Å². The van der Waals surface area contributed by atoms with Gasteiger partial charge in [0.05, 0.1) is 5.75 Å². The summed E-state index contributed by atoms with van der Waals surface area (Å²) in [6, 6.07) is 8.64. The SMILES string of the molecule is CN(C)C(=O)CS[C@@H]1CCCc2ccccc21. The van der Waals surface area contributed by atoms with Crippen LogP contribution < -0.4 is 0 Å². The van der Waals surface area contributed by atoms with E-state index in [1.807, 2.05) is 14.1 Å². The summed E-state index contributed by atoms with van der Waals surface area (Å²) in [5.41, 5.74) is 2.91. The molecule has 0 aliphatic heterocycles. The van der Waals surface area contributed by atoms with Crippen LogP contribution in [0.15, 0.2) is 24.3 Å². The van der Waals surface area contributed by atoms with Gasteiger partial charge in [-0.2, -0.15) is 0 Å². The predicted octanol–water partition coefficient (Wildman–Crippen LogP) is 2.89. The van der Waals surface area contributed by atoms with Crippen molar-refractivity contribution in [2.75, 3.05) is 19.8 Å². The molecule has 0 heterocycles. The second kappa shape index (κ2) is 5.58. The Labute approximate surface area is 107 Å². The summed E-state index contributed by atoms with van der Waals surface area (Å²) in [6.45, 7) is 0. The van der Waals surface area contributed by atoms with Crippen LogP contribution in [0.5, 0.6) is 0 Å². The summed E-state index contributed by atoms with van der Waals surface area (Å²) in [7, 11) is 3.63. The normalized spacial score (nSPS) is 18.6. The van der Waals surface area contributed by atoms with Crippen LogP contribution in [0.2, 0.25) is 0 Å². The number of nitrogens with zero attached hydrogens (tertiary/aromatic N) is 1. The van der Waals surface area contributed by atoms with Crippen molar-refractivity contribution in [3.05, 3.63) is 35.4 Å². The van der Waals surface area contributed by atoms with E-state index in [9.17, 15) is 4.79 Å². The minimum Gasteiger partial charge on any atom is -0.348 e. The van der Waals surface area contributed by atoms with E-state index in [0.29, 0.717) is 11.0 Å². The van der Waals surface area contributed by atoms with Crippen LogP contribution in [-0.4, -0.2) is 30.7 Å². The van der Waals surface area contributed by atoms with Crippen molar-refractivity contribution in [3.8, 4) is 0 Å². The molecular formula is C14H19NOS. The van der Waals surface area contributed by atoms with Gasteiger partial charge >= 0.3 is 0 Å². The number of aryl methyl sites for hydroxylation is 1. The largest absolute Gasteiger partial charge is 0.348 e. The van der Waals surface area contributed by atoms with Crippen LogP contribution in [0.3, 0.4) is 0 Å². The molecule has 1 aromatic carbocycles. The maximum Gasteiger partial charge on any atom is 0.232 e. The molecule has 0 fully saturated rings. The van der Waals surface area contributed by atoms with Gasteiger partial charge in [0.2, 0.25) is 5.91 Å². The van der Waals surface area contributed by atoms with Crippen LogP contribution in [0, 0.1) is 0 Å². The quantitative estimate of drug-likeness (QED) is 0.821. The first-order chi connectivity index (χ1) is 8.18. The second-order valence-corrected chi connectivity index (χ2v) is 5.87. The molecule has 1 aliphatic carbocycles. The Morgan fingerprint density at radius 2 is 2.18 bits per heavy atom. The molecular weight excluding hydrogens is 230 g/mol. The highest BCUT2D eigenvalue weighted by Crippen LogP contribution is 2.39.